The first-order chi connectivity index (χ1) is 34.9. The average molecular weight is 939 g/mol. The number of pyridine rings is 4. The Balaban J connectivity index is 0.871. The van der Waals surface area contributed by atoms with Gasteiger partial charge in [-0.3, -0.25) is 38.2 Å². The molecule has 0 saturated carbocycles. The predicted octanol–water partition coefficient (Wildman–Crippen LogP) is 13.5. The maximum absolute atomic E-state index is 6.76. The molecule has 0 atom stereocenters. The van der Waals surface area contributed by atoms with E-state index in [0.29, 0.717) is 34.4 Å². The lowest BCUT2D eigenvalue weighted by atomic mass is 9.86. The molecule has 0 fully saturated rings. The highest BCUT2D eigenvalue weighted by Gasteiger charge is 2.22. The van der Waals surface area contributed by atoms with E-state index in [-0.39, 0.29) is 10.8 Å². The van der Waals surface area contributed by atoms with Gasteiger partial charge in [-0.1, -0.05) is 126 Å². The monoisotopic (exact) mass is 938 g/mol. The van der Waals surface area contributed by atoms with Crippen molar-refractivity contribution in [3.63, 3.8) is 0 Å². The molecule has 10 nitrogen and oxygen atoms in total. The summed E-state index contributed by atoms with van der Waals surface area (Å²) in [5.74, 6) is 2.63. The summed E-state index contributed by atoms with van der Waals surface area (Å²) in [6.07, 6.45) is 14.6. The highest BCUT2D eigenvalue weighted by Crippen LogP contribution is 2.36. The van der Waals surface area contributed by atoms with Crippen LogP contribution in [0.1, 0.15) is 52.7 Å². The first-order valence-electron chi connectivity index (χ1n) is 24.1. The van der Waals surface area contributed by atoms with Gasteiger partial charge in [0.15, 0.2) is 0 Å². The number of benzene rings is 6. The third-order valence-electron chi connectivity index (χ3n) is 13.1. The van der Waals surface area contributed by atoms with E-state index in [1.165, 1.54) is 0 Å². The molecule has 0 spiro atoms. The minimum atomic E-state index is -0.180. The fourth-order valence-electron chi connectivity index (χ4n) is 9.32. The van der Waals surface area contributed by atoms with Crippen molar-refractivity contribution >= 4 is 43.9 Å². The van der Waals surface area contributed by atoms with Crippen molar-refractivity contribution in [3.8, 4) is 57.1 Å². The Kier molecular flexibility index (Phi) is 10.7. The number of ether oxygens (including phenoxy) is 2. The van der Waals surface area contributed by atoms with Crippen LogP contribution < -0.4 is 18.6 Å². The molecule has 350 valence electrons. The molecule has 12 aromatic rings. The van der Waals surface area contributed by atoms with Gasteiger partial charge in [0.05, 0.1) is 67.2 Å². The fraction of sp³-hybridized carbons (Fsp3) is 0.129. The maximum atomic E-state index is 6.76. The number of aromatic nitrogens is 8. The lowest BCUT2D eigenvalue weighted by Gasteiger charge is -2.22. The number of fused-ring (bicyclic) bond motifs is 4. The Morgan fingerprint density at radius 1 is 0.403 bits per heavy atom. The van der Waals surface area contributed by atoms with Crippen LogP contribution in [0.25, 0.3) is 78.0 Å². The highest BCUT2D eigenvalue weighted by atomic mass is 16.5. The molecular formula is C62H50N8O2. The molecule has 72 heavy (non-hydrogen) atoms. The van der Waals surface area contributed by atoms with Crippen LogP contribution in [0.15, 0.2) is 195 Å². The molecule has 0 aliphatic rings. The molecule has 6 aromatic carbocycles. The summed E-state index contributed by atoms with van der Waals surface area (Å²) in [5, 5.41) is 2.09. The van der Waals surface area contributed by atoms with Crippen molar-refractivity contribution < 1.29 is 18.6 Å². The van der Waals surface area contributed by atoms with Crippen LogP contribution in [0.5, 0.6) is 23.0 Å². The van der Waals surface area contributed by atoms with Crippen molar-refractivity contribution in [2.45, 2.75) is 52.4 Å². The molecule has 6 aromatic heterocycles. The second kappa shape index (κ2) is 17.4. The van der Waals surface area contributed by atoms with Crippen molar-refractivity contribution in [1.29, 1.82) is 0 Å². The molecule has 0 aliphatic carbocycles. The Morgan fingerprint density at radius 2 is 0.806 bits per heavy atom. The molecular weight excluding hydrogens is 889 g/mol. The topological polar surface area (TPSA) is 87.6 Å². The SMILES string of the molecule is CC(C)(C)c1cc(Oc2ccnc(-c3cc(Oc4cc(-[n+]5[c-]n(-c6ccnc7ccccc67)c6ccccc65)cc(C(C)(C)C)c4)ccn3)c2)cc(-[n+]2[c-]n(-c3ccnc4ccccc34)c3ccccc32)c1. The zero-order valence-electron chi connectivity index (χ0n) is 40.9. The summed E-state index contributed by atoms with van der Waals surface area (Å²) in [6, 6.07) is 57.6. The molecule has 0 amide bonds. The summed E-state index contributed by atoms with van der Waals surface area (Å²) in [5.41, 5.74) is 12.9. The highest BCUT2D eigenvalue weighted by molar-refractivity contribution is 5.90. The number of nitrogens with zero attached hydrogens (tertiary/aromatic N) is 8. The Labute approximate surface area is 417 Å². The quantitative estimate of drug-likeness (QED) is 0.106. The van der Waals surface area contributed by atoms with Gasteiger partial charge in [-0.2, -0.15) is 0 Å². The van der Waals surface area contributed by atoms with Gasteiger partial charge in [0.25, 0.3) is 12.7 Å². The predicted molar refractivity (Wildman–Crippen MR) is 283 cm³/mol. The molecule has 0 saturated heterocycles. The smallest absolute Gasteiger partial charge is 0.269 e. The van der Waals surface area contributed by atoms with Crippen LogP contribution in [0.2, 0.25) is 0 Å². The molecule has 10 heteroatoms. The van der Waals surface area contributed by atoms with Crippen molar-refractivity contribution in [1.82, 2.24) is 29.1 Å². The molecule has 0 unspecified atom stereocenters. The molecule has 0 aliphatic heterocycles. The van der Waals surface area contributed by atoms with E-state index >= 15 is 0 Å². The third-order valence-corrected chi connectivity index (χ3v) is 13.1. The van der Waals surface area contributed by atoms with E-state index in [1.54, 1.807) is 12.4 Å². The number of imidazole rings is 2. The standard InChI is InChI=1S/C62H50N8O2/c1-61(2,3)41-31-43(67-39-69(59-21-13-11-19-57(59)67)55-25-29-63-51-17-9-7-15-49(51)55)35-47(33-41)71-45-23-27-65-53(37-45)54-38-46(24-28-66-54)72-48-34-42(62(4,5)6)32-44(36-48)68-40-70(60-22-14-12-20-58(60)68)56-26-30-64-52-18-10-8-16-50(52)56/h7-38H,1-6H3. The minimum Gasteiger partial charge on any atom is -0.458 e. The van der Waals surface area contributed by atoms with E-state index in [4.69, 9.17) is 19.4 Å². The second-order valence-corrected chi connectivity index (χ2v) is 20.1. The van der Waals surface area contributed by atoms with Crippen LogP contribution >= 0.6 is 0 Å². The Morgan fingerprint density at radius 3 is 1.25 bits per heavy atom. The van der Waals surface area contributed by atoms with E-state index in [1.807, 2.05) is 85.2 Å². The van der Waals surface area contributed by atoms with Gasteiger partial charge in [0.2, 0.25) is 0 Å². The number of hydrogen-bond donors (Lipinski definition) is 0. The zero-order chi connectivity index (χ0) is 49.1. The van der Waals surface area contributed by atoms with Gasteiger partial charge in [-0.05, 0) is 94.8 Å². The fourth-order valence-corrected chi connectivity index (χ4v) is 9.32. The normalized spacial score (nSPS) is 12.0. The maximum Gasteiger partial charge on any atom is 0.269 e. The van der Waals surface area contributed by atoms with Gasteiger partial charge in [-0.15, -0.1) is 0 Å². The number of hydrogen-bond acceptors (Lipinski definition) is 6. The van der Waals surface area contributed by atoms with Crippen LogP contribution in [0.4, 0.5) is 0 Å². The molecule has 12 rings (SSSR count). The van der Waals surface area contributed by atoms with E-state index in [2.05, 4.69) is 179 Å². The zero-order valence-corrected chi connectivity index (χ0v) is 40.9. The average Bonchev–Trinajstić information content (AvgIpc) is 3.97. The van der Waals surface area contributed by atoms with Gasteiger partial charge >= 0.3 is 0 Å². The molecule has 0 radical (unpaired) electrons. The summed E-state index contributed by atoms with van der Waals surface area (Å²) in [6.45, 7) is 13.3. The van der Waals surface area contributed by atoms with Crippen molar-refractivity contribution in [2.24, 2.45) is 0 Å². The summed E-state index contributed by atoms with van der Waals surface area (Å²) in [4.78, 5) is 18.8. The van der Waals surface area contributed by atoms with Crippen molar-refractivity contribution in [3.05, 3.63) is 218 Å². The largest absolute Gasteiger partial charge is 0.458 e. The third kappa shape index (κ3) is 8.26. The number of rotatable bonds is 9. The van der Waals surface area contributed by atoms with Gasteiger partial charge < -0.3 is 9.47 Å². The lowest BCUT2D eigenvalue weighted by Crippen LogP contribution is -2.30. The van der Waals surface area contributed by atoms with Crippen LogP contribution in [-0.2, 0) is 10.8 Å². The van der Waals surface area contributed by atoms with Crippen LogP contribution in [0.3, 0.4) is 0 Å². The van der Waals surface area contributed by atoms with E-state index < -0.39 is 0 Å². The van der Waals surface area contributed by atoms with Crippen LogP contribution in [-0.4, -0.2) is 29.1 Å². The van der Waals surface area contributed by atoms with Crippen LogP contribution in [0, 0.1) is 12.7 Å². The van der Waals surface area contributed by atoms with Crippen molar-refractivity contribution in [2.75, 3.05) is 0 Å². The van der Waals surface area contributed by atoms with E-state index in [9.17, 15) is 0 Å². The molecule has 6 heterocycles. The summed E-state index contributed by atoms with van der Waals surface area (Å²) < 4.78 is 22.0. The number of para-hydroxylation sites is 6. The van der Waals surface area contributed by atoms with E-state index in [0.717, 1.165) is 77.7 Å². The minimum absolute atomic E-state index is 0.180. The molecule has 0 bridgehead atoms. The Bertz CT molecular complexity index is 3770. The van der Waals surface area contributed by atoms with Gasteiger partial charge in [-0.25, -0.2) is 0 Å². The first-order valence-corrected chi connectivity index (χ1v) is 24.1. The van der Waals surface area contributed by atoms with Gasteiger partial charge in [0, 0.05) is 47.7 Å². The van der Waals surface area contributed by atoms with Gasteiger partial charge in [0.1, 0.15) is 23.0 Å². The Hall–Kier alpha value is -9.02. The molecule has 0 N–H and O–H groups in total. The second-order valence-electron chi connectivity index (χ2n) is 20.1. The first kappa shape index (κ1) is 44.2. The summed E-state index contributed by atoms with van der Waals surface area (Å²) in [7, 11) is 0. The lowest BCUT2D eigenvalue weighted by molar-refractivity contribution is -0.572. The summed E-state index contributed by atoms with van der Waals surface area (Å²) >= 11 is 0.